The maximum atomic E-state index is 6.71. The number of rotatable bonds is 2. The number of ether oxygens (including phenoxy) is 2. The van der Waals surface area contributed by atoms with Crippen LogP contribution in [-0.4, -0.2) is 31.0 Å². The van der Waals surface area contributed by atoms with E-state index in [0.29, 0.717) is 17.8 Å². The van der Waals surface area contributed by atoms with Crippen molar-refractivity contribution in [1.82, 2.24) is 0 Å². The Morgan fingerprint density at radius 2 is 1.83 bits per heavy atom. The smallest absolute Gasteiger partial charge is 0.201 e. The zero-order chi connectivity index (χ0) is 16.5. The van der Waals surface area contributed by atoms with Gasteiger partial charge in [0.2, 0.25) is 5.79 Å². The molecular weight excluding hydrogens is 291 g/mol. The lowest BCUT2D eigenvalue weighted by Crippen LogP contribution is -2.73. The SMILES string of the molecule is [B][C@]1(CCC)O[C@@H]2O[C@]3(C)CC[C@H]4[C@H](C)CC[C@@H]([C@H]1C)[C@@]24OO3. The highest BCUT2D eigenvalue weighted by atomic mass is 17.3. The summed E-state index contributed by atoms with van der Waals surface area (Å²) in [5.41, 5.74) is -1.13. The van der Waals surface area contributed by atoms with Crippen LogP contribution in [-0.2, 0) is 19.2 Å². The molecule has 1 spiro atoms. The van der Waals surface area contributed by atoms with Crippen LogP contribution >= 0.6 is 0 Å². The minimum Gasteiger partial charge on any atom is -0.353 e. The van der Waals surface area contributed by atoms with Gasteiger partial charge in [-0.1, -0.05) is 27.2 Å². The van der Waals surface area contributed by atoms with Gasteiger partial charge >= 0.3 is 0 Å². The Labute approximate surface area is 140 Å². The van der Waals surface area contributed by atoms with Gasteiger partial charge in [0.15, 0.2) is 11.9 Å². The van der Waals surface area contributed by atoms with Crippen molar-refractivity contribution in [3.8, 4) is 0 Å². The van der Waals surface area contributed by atoms with Gasteiger partial charge in [-0.2, -0.15) is 0 Å². The summed E-state index contributed by atoms with van der Waals surface area (Å²) < 4.78 is 12.8. The summed E-state index contributed by atoms with van der Waals surface area (Å²) in [7, 11) is 6.71. The highest BCUT2D eigenvalue weighted by Gasteiger charge is 2.70. The van der Waals surface area contributed by atoms with Gasteiger partial charge in [0.05, 0.1) is 0 Å². The van der Waals surface area contributed by atoms with E-state index >= 15 is 0 Å². The van der Waals surface area contributed by atoms with Crippen molar-refractivity contribution in [2.45, 2.75) is 89.4 Å². The second kappa shape index (κ2) is 5.20. The lowest BCUT2D eigenvalue weighted by Gasteiger charge is -2.63. The molecule has 5 fully saturated rings. The van der Waals surface area contributed by atoms with Gasteiger partial charge in [-0.15, -0.1) is 0 Å². The molecule has 1 saturated carbocycles. The van der Waals surface area contributed by atoms with Crippen molar-refractivity contribution in [2.75, 3.05) is 0 Å². The molecule has 2 radical (unpaired) electrons. The Balaban J connectivity index is 1.79. The zero-order valence-corrected chi connectivity index (χ0v) is 14.8. The highest BCUT2D eigenvalue weighted by Crippen LogP contribution is 2.62. The Morgan fingerprint density at radius 1 is 1.04 bits per heavy atom. The fourth-order valence-electron chi connectivity index (χ4n) is 5.71. The molecule has 8 atom stereocenters. The molecule has 4 aliphatic heterocycles. The van der Waals surface area contributed by atoms with Gasteiger partial charge in [0, 0.05) is 17.8 Å². The number of hydrogen-bond acceptors (Lipinski definition) is 4. The summed E-state index contributed by atoms with van der Waals surface area (Å²) >= 11 is 0. The molecular formula is C18H29BO4. The third kappa shape index (κ3) is 2.13. The van der Waals surface area contributed by atoms with Gasteiger partial charge in [-0.25, -0.2) is 9.78 Å². The van der Waals surface area contributed by atoms with E-state index < -0.39 is 23.2 Å². The van der Waals surface area contributed by atoms with Crippen LogP contribution in [0.2, 0.25) is 0 Å². The van der Waals surface area contributed by atoms with Crippen LogP contribution in [0.25, 0.3) is 0 Å². The molecule has 5 rings (SSSR count). The van der Waals surface area contributed by atoms with Crippen LogP contribution in [0.4, 0.5) is 0 Å². The van der Waals surface area contributed by atoms with E-state index in [1.165, 1.54) is 6.42 Å². The molecule has 1 aliphatic carbocycles. The minimum atomic E-state index is -0.717. The summed E-state index contributed by atoms with van der Waals surface area (Å²) in [5.74, 6) is 0.827. The second-order valence-electron chi connectivity index (χ2n) is 8.52. The third-order valence-corrected chi connectivity index (χ3v) is 7.12. The molecule has 0 unspecified atom stereocenters. The monoisotopic (exact) mass is 320 g/mol. The summed E-state index contributed by atoms with van der Waals surface area (Å²) in [6.07, 6.45) is 5.65. The molecule has 0 amide bonds. The second-order valence-corrected chi connectivity index (χ2v) is 8.52. The van der Waals surface area contributed by atoms with E-state index in [-0.39, 0.29) is 5.92 Å². The Bertz CT molecular complexity index is 488. The molecule has 0 aromatic rings. The first-order valence-electron chi connectivity index (χ1n) is 9.36. The zero-order valence-electron chi connectivity index (χ0n) is 14.8. The van der Waals surface area contributed by atoms with Gasteiger partial charge in [0.1, 0.15) is 7.85 Å². The summed E-state index contributed by atoms with van der Waals surface area (Å²) in [5, 5.41) is 0. The quantitative estimate of drug-likeness (QED) is 0.576. The van der Waals surface area contributed by atoms with Crippen molar-refractivity contribution >= 4 is 7.85 Å². The number of hydrogen-bond donors (Lipinski definition) is 0. The van der Waals surface area contributed by atoms with Crippen molar-refractivity contribution in [1.29, 1.82) is 0 Å². The predicted molar refractivity (Wildman–Crippen MR) is 86.4 cm³/mol. The van der Waals surface area contributed by atoms with Gasteiger partial charge < -0.3 is 9.47 Å². The first-order chi connectivity index (χ1) is 10.8. The Morgan fingerprint density at radius 3 is 2.57 bits per heavy atom. The predicted octanol–water partition coefficient (Wildman–Crippen LogP) is 3.53. The van der Waals surface area contributed by atoms with Gasteiger partial charge in [0.25, 0.3) is 0 Å². The molecule has 128 valence electrons. The molecule has 4 saturated heterocycles. The molecule has 4 heterocycles. The minimum absolute atomic E-state index is 0.225. The van der Waals surface area contributed by atoms with E-state index in [0.717, 1.165) is 32.1 Å². The van der Waals surface area contributed by atoms with Crippen molar-refractivity contribution in [3.63, 3.8) is 0 Å². The Hall–Kier alpha value is -0.0951. The lowest BCUT2D eigenvalue weighted by molar-refractivity contribution is -0.573. The van der Waals surface area contributed by atoms with Crippen molar-refractivity contribution in [3.05, 3.63) is 0 Å². The average molecular weight is 320 g/mol. The fourth-order valence-corrected chi connectivity index (χ4v) is 5.71. The van der Waals surface area contributed by atoms with Crippen LogP contribution in [0.15, 0.2) is 0 Å². The highest BCUT2D eigenvalue weighted by molar-refractivity contribution is 6.14. The third-order valence-electron chi connectivity index (χ3n) is 7.12. The van der Waals surface area contributed by atoms with Gasteiger partial charge in [-0.05, 0) is 50.4 Å². The largest absolute Gasteiger partial charge is 0.353 e. The topological polar surface area (TPSA) is 36.9 Å². The van der Waals surface area contributed by atoms with E-state index in [1.54, 1.807) is 0 Å². The fraction of sp³-hybridized carbons (Fsp3) is 1.00. The van der Waals surface area contributed by atoms with Crippen LogP contribution < -0.4 is 0 Å². The van der Waals surface area contributed by atoms with E-state index in [1.807, 2.05) is 6.92 Å². The normalized spacial score (nSPS) is 58.5. The van der Waals surface area contributed by atoms with E-state index in [9.17, 15) is 0 Å². The molecule has 0 N–H and O–H groups in total. The van der Waals surface area contributed by atoms with Crippen LogP contribution in [0.5, 0.6) is 0 Å². The first kappa shape index (κ1) is 16.4. The first-order valence-corrected chi connectivity index (χ1v) is 9.36. The van der Waals surface area contributed by atoms with Crippen LogP contribution in [0.3, 0.4) is 0 Å². The Kier molecular flexibility index (Phi) is 3.70. The summed E-state index contributed by atoms with van der Waals surface area (Å²) in [6, 6.07) is 0. The van der Waals surface area contributed by atoms with E-state index in [4.69, 9.17) is 27.1 Å². The molecule has 5 heteroatoms. The molecule has 0 aromatic heterocycles. The van der Waals surface area contributed by atoms with Crippen LogP contribution in [0.1, 0.15) is 66.2 Å². The molecule has 0 aromatic carbocycles. The van der Waals surface area contributed by atoms with Crippen LogP contribution in [0, 0.1) is 23.7 Å². The van der Waals surface area contributed by atoms with E-state index in [2.05, 4.69) is 20.8 Å². The molecule has 2 bridgehead atoms. The molecule has 4 nitrogen and oxygen atoms in total. The molecule has 5 aliphatic rings. The van der Waals surface area contributed by atoms with Gasteiger partial charge in [-0.3, -0.25) is 0 Å². The molecule has 23 heavy (non-hydrogen) atoms. The summed E-state index contributed by atoms with van der Waals surface area (Å²) in [6.45, 7) is 8.66. The maximum Gasteiger partial charge on any atom is 0.201 e. The summed E-state index contributed by atoms with van der Waals surface area (Å²) in [4.78, 5) is 11.9. The number of fused-ring (bicyclic) bond motifs is 2. The van der Waals surface area contributed by atoms with Crippen molar-refractivity contribution < 1.29 is 19.2 Å². The van der Waals surface area contributed by atoms with Crippen molar-refractivity contribution in [2.24, 2.45) is 23.7 Å². The maximum absolute atomic E-state index is 6.71. The lowest BCUT2D eigenvalue weighted by atomic mass is 9.52. The standard InChI is InChI=1S/C18H29BO4/c1-5-9-17(19)12(3)14-7-6-11(2)13-8-10-16(4)20-15(21-17)18(13,14)23-22-16/h11-15H,5-10H2,1-4H3/t11-,12-,13+,14+,15+,16+,17-,18-/m1/s1. The average Bonchev–Trinajstić information content (AvgIpc) is 2.72.